The van der Waals surface area contributed by atoms with Crippen LogP contribution in [0.15, 0.2) is 0 Å². The fraction of sp³-hybridized carbons (Fsp3) is 0.889. The van der Waals surface area contributed by atoms with Crippen LogP contribution in [0.5, 0.6) is 0 Å². The molecule has 0 saturated carbocycles. The van der Waals surface area contributed by atoms with E-state index in [1.165, 1.54) is 17.6 Å². The molecule has 0 aliphatic heterocycles. The number of hydrogen-bond acceptors (Lipinski definition) is 4. The van der Waals surface area contributed by atoms with Gasteiger partial charge in [-0.1, -0.05) is 13.3 Å². The van der Waals surface area contributed by atoms with Crippen LogP contribution >= 0.6 is 0 Å². The second-order valence-electron chi connectivity index (χ2n) is 3.51. The highest BCUT2D eigenvalue weighted by molar-refractivity contribution is 4.79. The first-order chi connectivity index (χ1) is 6.76. The lowest BCUT2D eigenvalue weighted by molar-refractivity contribution is 0.478. The molecule has 5 heteroatoms. The van der Waals surface area contributed by atoms with Gasteiger partial charge in [-0.15, -0.1) is 10.2 Å². The molecule has 0 bridgehead atoms. The van der Waals surface area contributed by atoms with E-state index < -0.39 is 0 Å². The summed E-state index contributed by atoms with van der Waals surface area (Å²) in [6.45, 7) is 2.20. The number of rotatable bonds is 6. The van der Waals surface area contributed by atoms with Gasteiger partial charge >= 0.3 is 0 Å². The number of aromatic nitrogens is 4. The molecule has 1 N–H and O–H groups in total. The molecule has 1 heterocycles. The van der Waals surface area contributed by atoms with Crippen LogP contribution in [0.1, 0.15) is 32.0 Å². The Morgan fingerprint density at radius 3 is 2.71 bits per heavy atom. The summed E-state index contributed by atoms with van der Waals surface area (Å²) in [6, 6.07) is 0.573. The van der Waals surface area contributed by atoms with E-state index >= 15 is 0 Å². The van der Waals surface area contributed by atoms with Crippen LogP contribution in [0, 0.1) is 0 Å². The molecule has 1 rings (SSSR count). The fourth-order valence-corrected chi connectivity index (χ4v) is 1.51. The van der Waals surface area contributed by atoms with Gasteiger partial charge in [0.15, 0.2) is 5.82 Å². The largest absolute Gasteiger partial charge is 0.317 e. The smallest absolute Gasteiger partial charge is 0.174 e. The third-order valence-electron chi connectivity index (χ3n) is 2.31. The molecular formula is C9H19N5. The number of tetrazole rings is 1. The van der Waals surface area contributed by atoms with E-state index in [2.05, 4.69) is 27.7 Å². The van der Waals surface area contributed by atoms with Crippen LogP contribution in [-0.2, 0) is 13.5 Å². The highest BCUT2D eigenvalue weighted by Crippen LogP contribution is 2.04. The zero-order chi connectivity index (χ0) is 10.4. The van der Waals surface area contributed by atoms with Gasteiger partial charge in [0, 0.05) is 12.5 Å². The summed E-state index contributed by atoms with van der Waals surface area (Å²) in [5.41, 5.74) is 0. The lowest BCUT2D eigenvalue weighted by atomic mass is 10.1. The molecule has 0 radical (unpaired) electrons. The molecule has 0 aromatic carbocycles. The zero-order valence-corrected chi connectivity index (χ0v) is 9.19. The predicted octanol–water partition coefficient (Wildman–Crippen LogP) is 0.531. The highest BCUT2D eigenvalue weighted by atomic mass is 15.6. The van der Waals surface area contributed by atoms with Crippen LogP contribution in [-0.4, -0.2) is 33.3 Å². The van der Waals surface area contributed by atoms with Gasteiger partial charge in [0.25, 0.3) is 0 Å². The van der Waals surface area contributed by atoms with Gasteiger partial charge in [-0.25, -0.2) is 0 Å². The summed E-state index contributed by atoms with van der Waals surface area (Å²) < 4.78 is 0. The summed E-state index contributed by atoms with van der Waals surface area (Å²) in [7, 11) is 3.79. The topological polar surface area (TPSA) is 55.6 Å². The standard InChI is InChI=1S/C9H19N5/c1-4-5-8(10-2)6-7-9-11-13-14(3)12-9/h8,10H,4-7H2,1-3H3. The Morgan fingerprint density at radius 2 is 2.21 bits per heavy atom. The van der Waals surface area contributed by atoms with E-state index in [1.54, 1.807) is 7.05 Å². The Labute approximate surface area is 84.9 Å². The van der Waals surface area contributed by atoms with Crippen molar-refractivity contribution in [3.8, 4) is 0 Å². The molecule has 1 aromatic rings. The van der Waals surface area contributed by atoms with Crippen molar-refractivity contribution in [2.24, 2.45) is 7.05 Å². The first-order valence-electron chi connectivity index (χ1n) is 5.16. The molecule has 0 saturated heterocycles. The minimum absolute atomic E-state index is 0.573. The summed E-state index contributed by atoms with van der Waals surface area (Å²) in [4.78, 5) is 1.50. The quantitative estimate of drug-likeness (QED) is 0.723. The normalized spacial score (nSPS) is 13.1. The summed E-state index contributed by atoms with van der Waals surface area (Å²) in [5.74, 6) is 0.837. The molecule has 0 aliphatic rings. The predicted molar refractivity (Wildman–Crippen MR) is 54.9 cm³/mol. The van der Waals surface area contributed by atoms with Crippen LogP contribution in [0.25, 0.3) is 0 Å². The Kier molecular flexibility index (Phi) is 4.52. The van der Waals surface area contributed by atoms with Crippen LogP contribution in [0.4, 0.5) is 0 Å². The van der Waals surface area contributed by atoms with E-state index in [4.69, 9.17) is 0 Å². The third-order valence-corrected chi connectivity index (χ3v) is 2.31. The second-order valence-corrected chi connectivity index (χ2v) is 3.51. The zero-order valence-electron chi connectivity index (χ0n) is 9.19. The van der Waals surface area contributed by atoms with Crippen LogP contribution in [0.3, 0.4) is 0 Å². The summed E-state index contributed by atoms with van der Waals surface area (Å²) in [6.07, 6.45) is 4.39. The number of hydrogen-bond donors (Lipinski definition) is 1. The van der Waals surface area contributed by atoms with Crippen molar-refractivity contribution in [1.29, 1.82) is 0 Å². The van der Waals surface area contributed by atoms with Crippen molar-refractivity contribution in [3.63, 3.8) is 0 Å². The first-order valence-corrected chi connectivity index (χ1v) is 5.16. The van der Waals surface area contributed by atoms with Crippen LogP contribution in [0.2, 0.25) is 0 Å². The van der Waals surface area contributed by atoms with E-state index in [-0.39, 0.29) is 0 Å². The van der Waals surface area contributed by atoms with Gasteiger partial charge in [0.05, 0.1) is 7.05 Å². The maximum Gasteiger partial charge on any atom is 0.174 e. The van der Waals surface area contributed by atoms with Gasteiger partial charge in [-0.3, -0.25) is 0 Å². The number of nitrogens with zero attached hydrogens (tertiary/aromatic N) is 4. The van der Waals surface area contributed by atoms with Crippen molar-refractivity contribution in [2.75, 3.05) is 7.05 Å². The molecule has 0 fully saturated rings. The van der Waals surface area contributed by atoms with Crippen molar-refractivity contribution in [1.82, 2.24) is 25.5 Å². The number of nitrogens with one attached hydrogen (secondary N) is 1. The molecule has 1 aromatic heterocycles. The maximum atomic E-state index is 4.14. The molecule has 1 atom stereocenters. The molecule has 1 unspecified atom stereocenters. The van der Waals surface area contributed by atoms with Crippen LogP contribution < -0.4 is 5.32 Å². The molecule has 5 nitrogen and oxygen atoms in total. The molecule has 0 aliphatic carbocycles. The van der Waals surface area contributed by atoms with Gasteiger partial charge in [-0.05, 0) is 25.1 Å². The minimum Gasteiger partial charge on any atom is -0.317 e. The molecule has 80 valence electrons. The van der Waals surface area contributed by atoms with Crippen molar-refractivity contribution < 1.29 is 0 Å². The highest BCUT2D eigenvalue weighted by Gasteiger charge is 2.07. The molecule has 0 spiro atoms. The summed E-state index contributed by atoms with van der Waals surface area (Å²) in [5, 5.41) is 15.2. The van der Waals surface area contributed by atoms with Gasteiger partial charge in [0.1, 0.15) is 0 Å². The van der Waals surface area contributed by atoms with Crippen molar-refractivity contribution >= 4 is 0 Å². The average Bonchev–Trinajstić information content (AvgIpc) is 2.59. The SMILES string of the molecule is CCCC(CCc1nnn(C)n1)NC. The maximum absolute atomic E-state index is 4.14. The monoisotopic (exact) mass is 197 g/mol. The average molecular weight is 197 g/mol. The minimum atomic E-state index is 0.573. The molecular weight excluding hydrogens is 178 g/mol. The lowest BCUT2D eigenvalue weighted by Gasteiger charge is -2.13. The van der Waals surface area contributed by atoms with E-state index in [9.17, 15) is 0 Å². The molecule has 14 heavy (non-hydrogen) atoms. The molecule has 0 amide bonds. The van der Waals surface area contributed by atoms with Gasteiger partial charge in [0.2, 0.25) is 0 Å². The first kappa shape index (κ1) is 11.1. The van der Waals surface area contributed by atoms with E-state index in [0.717, 1.165) is 18.7 Å². The Hall–Kier alpha value is -0.970. The number of aryl methyl sites for hydroxylation is 2. The second kappa shape index (κ2) is 5.70. The van der Waals surface area contributed by atoms with Crippen molar-refractivity contribution in [3.05, 3.63) is 5.82 Å². The van der Waals surface area contributed by atoms with E-state index in [1.807, 2.05) is 7.05 Å². The van der Waals surface area contributed by atoms with Crippen molar-refractivity contribution in [2.45, 2.75) is 38.6 Å². The summed E-state index contributed by atoms with van der Waals surface area (Å²) >= 11 is 0. The Balaban J connectivity index is 2.31. The van der Waals surface area contributed by atoms with Gasteiger partial charge in [-0.2, -0.15) is 4.80 Å². The lowest BCUT2D eigenvalue weighted by Crippen LogP contribution is -2.25. The third kappa shape index (κ3) is 3.41. The van der Waals surface area contributed by atoms with E-state index in [0.29, 0.717) is 6.04 Å². The fourth-order valence-electron chi connectivity index (χ4n) is 1.51. The Morgan fingerprint density at radius 1 is 1.43 bits per heavy atom. The Bertz CT molecular complexity index is 257. The van der Waals surface area contributed by atoms with Gasteiger partial charge < -0.3 is 5.32 Å².